The summed E-state index contributed by atoms with van der Waals surface area (Å²) >= 11 is 12.4. The Balaban J connectivity index is 1.72. The Bertz CT molecular complexity index is 754. The zero-order valence-electron chi connectivity index (χ0n) is 11.5. The lowest BCUT2D eigenvalue weighted by Crippen LogP contribution is -1.94. The predicted octanol–water partition coefficient (Wildman–Crippen LogP) is 5.23. The second-order valence-corrected chi connectivity index (χ2v) is 5.99. The molecule has 0 spiro atoms. The van der Waals surface area contributed by atoms with E-state index in [0.717, 1.165) is 24.8 Å². The van der Waals surface area contributed by atoms with Gasteiger partial charge in [0.2, 0.25) is 0 Å². The van der Waals surface area contributed by atoms with Gasteiger partial charge in [0.05, 0.1) is 0 Å². The molecule has 0 amide bonds. The number of benzene rings is 2. The Labute approximate surface area is 133 Å². The van der Waals surface area contributed by atoms with Crippen LogP contribution in [0.2, 0.25) is 10.0 Å². The van der Waals surface area contributed by atoms with Gasteiger partial charge in [-0.1, -0.05) is 41.4 Å². The molecule has 0 aliphatic rings. The SMILES string of the molecule is Nc1cc(Cl)c(CCCc2c[nH]c3ccccc23)c(Cl)c1. The van der Waals surface area contributed by atoms with Crippen molar-refractivity contribution in [2.45, 2.75) is 19.3 Å². The first-order valence-electron chi connectivity index (χ1n) is 6.93. The van der Waals surface area contributed by atoms with Crippen LogP contribution >= 0.6 is 23.2 Å². The van der Waals surface area contributed by atoms with Crippen molar-refractivity contribution in [3.63, 3.8) is 0 Å². The van der Waals surface area contributed by atoms with Crippen LogP contribution in [-0.2, 0) is 12.8 Å². The van der Waals surface area contributed by atoms with Crippen molar-refractivity contribution in [1.29, 1.82) is 0 Å². The van der Waals surface area contributed by atoms with Crippen molar-refractivity contribution < 1.29 is 0 Å². The number of hydrogen-bond donors (Lipinski definition) is 2. The van der Waals surface area contributed by atoms with E-state index in [-0.39, 0.29) is 0 Å². The quantitative estimate of drug-likeness (QED) is 0.635. The van der Waals surface area contributed by atoms with Crippen molar-refractivity contribution in [3.8, 4) is 0 Å². The zero-order valence-corrected chi connectivity index (χ0v) is 13.0. The predicted molar refractivity (Wildman–Crippen MR) is 91.2 cm³/mol. The maximum absolute atomic E-state index is 6.22. The van der Waals surface area contributed by atoms with Gasteiger partial charge in [-0.15, -0.1) is 0 Å². The molecule has 0 atom stereocenters. The molecule has 0 aliphatic carbocycles. The molecule has 3 aromatic rings. The Morgan fingerprint density at radius 2 is 1.71 bits per heavy atom. The van der Waals surface area contributed by atoms with Crippen molar-refractivity contribution >= 4 is 39.8 Å². The van der Waals surface area contributed by atoms with E-state index < -0.39 is 0 Å². The summed E-state index contributed by atoms with van der Waals surface area (Å²) in [5.74, 6) is 0. The summed E-state index contributed by atoms with van der Waals surface area (Å²) in [5.41, 5.74) is 9.81. The fourth-order valence-corrected chi connectivity index (χ4v) is 3.35. The van der Waals surface area contributed by atoms with Gasteiger partial charge in [-0.25, -0.2) is 0 Å². The van der Waals surface area contributed by atoms with E-state index >= 15 is 0 Å². The van der Waals surface area contributed by atoms with Crippen LogP contribution in [0.1, 0.15) is 17.5 Å². The van der Waals surface area contributed by atoms with Crippen LogP contribution < -0.4 is 5.73 Å². The Morgan fingerprint density at radius 1 is 1.00 bits per heavy atom. The van der Waals surface area contributed by atoms with Gasteiger partial charge < -0.3 is 10.7 Å². The fraction of sp³-hybridized carbons (Fsp3) is 0.176. The molecule has 1 aromatic heterocycles. The summed E-state index contributed by atoms with van der Waals surface area (Å²) in [6, 6.07) is 11.9. The summed E-state index contributed by atoms with van der Waals surface area (Å²) in [6.07, 6.45) is 4.90. The first kappa shape index (κ1) is 14.3. The smallest absolute Gasteiger partial charge is 0.0473 e. The van der Waals surface area contributed by atoms with Gasteiger partial charge in [-0.3, -0.25) is 0 Å². The van der Waals surface area contributed by atoms with Gasteiger partial charge in [0.15, 0.2) is 0 Å². The van der Waals surface area contributed by atoms with Crippen LogP contribution in [0.15, 0.2) is 42.6 Å². The summed E-state index contributed by atoms with van der Waals surface area (Å²) in [5, 5.41) is 2.59. The molecule has 3 rings (SSSR count). The first-order chi connectivity index (χ1) is 10.1. The third-order valence-corrected chi connectivity index (χ3v) is 4.39. The second-order valence-electron chi connectivity index (χ2n) is 5.18. The van der Waals surface area contributed by atoms with Gasteiger partial charge in [-0.2, -0.15) is 0 Å². The van der Waals surface area contributed by atoms with Crippen molar-refractivity contribution in [2.24, 2.45) is 0 Å². The largest absolute Gasteiger partial charge is 0.399 e. The third-order valence-electron chi connectivity index (χ3n) is 3.71. The monoisotopic (exact) mass is 318 g/mol. The molecule has 0 saturated carbocycles. The maximum Gasteiger partial charge on any atom is 0.0473 e. The van der Waals surface area contributed by atoms with E-state index in [1.54, 1.807) is 12.1 Å². The first-order valence-corrected chi connectivity index (χ1v) is 7.69. The third kappa shape index (κ3) is 3.02. The number of nitrogens with one attached hydrogen (secondary N) is 1. The number of anilines is 1. The molecule has 2 nitrogen and oxygen atoms in total. The van der Waals surface area contributed by atoms with Crippen LogP contribution in [0.5, 0.6) is 0 Å². The Morgan fingerprint density at radius 3 is 2.48 bits per heavy atom. The highest BCUT2D eigenvalue weighted by Crippen LogP contribution is 2.29. The van der Waals surface area contributed by atoms with Crippen LogP contribution in [0.25, 0.3) is 10.9 Å². The highest BCUT2D eigenvalue weighted by molar-refractivity contribution is 6.36. The number of hydrogen-bond acceptors (Lipinski definition) is 1. The lowest BCUT2D eigenvalue weighted by atomic mass is 10.0. The average molecular weight is 319 g/mol. The van der Waals surface area contributed by atoms with E-state index in [2.05, 4.69) is 29.4 Å². The standard InChI is InChI=1S/C17H16Cl2N2/c18-15-8-12(20)9-16(19)14(15)6-3-4-11-10-21-17-7-2-1-5-13(11)17/h1-2,5,7-10,21H,3-4,6,20H2. The van der Waals surface area contributed by atoms with E-state index in [1.807, 2.05) is 6.07 Å². The number of aromatic nitrogens is 1. The minimum atomic E-state index is 0.602. The molecule has 108 valence electrons. The maximum atomic E-state index is 6.22. The molecule has 1 heterocycles. The summed E-state index contributed by atoms with van der Waals surface area (Å²) in [7, 11) is 0. The molecule has 0 saturated heterocycles. The Kier molecular flexibility index (Phi) is 4.09. The summed E-state index contributed by atoms with van der Waals surface area (Å²) in [4.78, 5) is 3.30. The highest BCUT2D eigenvalue weighted by atomic mass is 35.5. The van der Waals surface area contributed by atoms with Gasteiger partial charge in [0.1, 0.15) is 0 Å². The van der Waals surface area contributed by atoms with Gasteiger partial charge >= 0.3 is 0 Å². The highest BCUT2D eigenvalue weighted by Gasteiger charge is 2.08. The number of nitrogens with two attached hydrogens (primary N) is 1. The molecule has 0 unspecified atom stereocenters. The topological polar surface area (TPSA) is 41.8 Å². The van der Waals surface area contributed by atoms with Crippen LogP contribution in [0.3, 0.4) is 0 Å². The number of aromatic amines is 1. The number of halogens is 2. The molecule has 0 bridgehead atoms. The molecule has 4 heteroatoms. The molecule has 0 fully saturated rings. The Hall–Kier alpha value is -1.64. The number of H-pyrrole nitrogens is 1. The van der Waals surface area contributed by atoms with Gasteiger partial charge in [0.25, 0.3) is 0 Å². The number of para-hydroxylation sites is 1. The normalized spacial score (nSPS) is 11.1. The summed E-state index contributed by atoms with van der Waals surface area (Å²) < 4.78 is 0. The molecule has 0 radical (unpaired) electrons. The van der Waals surface area contributed by atoms with Crippen LogP contribution in [-0.4, -0.2) is 4.98 Å². The van der Waals surface area contributed by atoms with E-state index in [4.69, 9.17) is 28.9 Å². The average Bonchev–Trinajstić information content (AvgIpc) is 2.85. The van der Waals surface area contributed by atoms with Crippen LogP contribution in [0.4, 0.5) is 5.69 Å². The summed E-state index contributed by atoms with van der Waals surface area (Å²) in [6.45, 7) is 0. The van der Waals surface area contributed by atoms with Gasteiger partial charge in [0, 0.05) is 32.8 Å². The number of nitrogen functional groups attached to an aromatic ring is 1. The number of rotatable bonds is 4. The number of fused-ring (bicyclic) bond motifs is 1. The van der Waals surface area contributed by atoms with E-state index in [1.165, 1.54) is 16.5 Å². The van der Waals surface area contributed by atoms with Crippen molar-refractivity contribution in [1.82, 2.24) is 4.98 Å². The lowest BCUT2D eigenvalue weighted by molar-refractivity contribution is 0.825. The molecule has 3 N–H and O–H groups in total. The van der Waals surface area contributed by atoms with Gasteiger partial charge in [-0.05, 0) is 48.6 Å². The molecular weight excluding hydrogens is 303 g/mol. The fourth-order valence-electron chi connectivity index (χ4n) is 2.66. The molecule has 0 aliphatic heterocycles. The zero-order chi connectivity index (χ0) is 14.8. The molecule has 21 heavy (non-hydrogen) atoms. The van der Waals surface area contributed by atoms with Crippen LogP contribution in [0, 0.1) is 0 Å². The van der Waals surface area contributed by atoms with Crippen molar-refractivity contribution in [3.05, 3.63) is 63.8 Å². The van der Waals surface area contributed by atoms with Crippen molar-refractivity contribution in [2.75, 3.05) is 5.73 Å². The second kappa shape index (κ2) is 6.00. The number of aryl methyl sites for hydroxylation is 1. The van der Waals surface area contributed by atoms with E-state index in [9.17, 15) is 0 Å². The minimum Gasteiger partial charge on any atom is -0.399 e. The van der Waals surface area contributed by atoms with E-state index in [0.29, 0.717) is 15.7 Å². The molecule has 2 aromatic carbocycles. The minimum absolute atomic E-state index is 0.602. The molecular formula is C17H16Cl2N2. The lowest BCUT2D eigenvalue weighted by Gasteiger charge is -2.08.